The molecule has 2 aliphatic rings. The molecule has 0 radical (unpaired) electrons. The molecule has 2 saturated heterocycles. The number of carbonyl (C=O) groups excluding carboxylic acids is 1. The first-order valence-electron chi connectivity index (χ1n) is 6.75. The van der Waals surface area contributed by atoms with Gasteiger partial charge in [0.05, 0.1) is 0 Å². The third-order valence-corrected chi connectivity index (χ3v) is 4.16. The highest BCUT2D eigenvalue weighted by molar-refractivity contribution is 5.79. The first-order valence-corrected chi connectivity index (χ1v) is 6.75. The van der Waals surface area contributed by atoms with Crippen LogP contribution in [0.3, 0.4) is 0 Å². The Morgan fingerprint density at radius 1 is 1.29 bits per heavy atom. The fourth-order valence-electron chi connectivity index (χ4n) is 2.88. The smallest absolute Gasteiger partial charge is 0.226 e. The van der Waals surface area contributed by atoms with Crippen LogP contribution in [0.4, 0.5) is 0 Å². The fourth-order valence-corrected chi connectivity index (χ4v) is 2.88. The number of hydrogen-bond acceptors (Lipinski definition) is 3. The van der Waals surface area contributed by atoms with Gasteiger partial charge in [-0.2, -0.15) is 0 Å². The zero-order valence-corrected chi connectivity index (χ0v) is 10.9. The summed E-state index contributed by atoms with van der Waals surface area (Å²) in [6, 6.07) is 0.429. The number of piperidine rings is 1. The van der Waals surface area contributed by atoms with Crippen molar-refractivity contribution in [3.63, 3.8) is 0 Å². The lowest BCUT2D eigenvalue weighted by atomic mass is 9.88. The Balaban J connectivity index is 1.92. The second kappa shape index (κ2) is 5.83. The molecule has 0 saturated carbocycles. The zero-order chi connectivity index (χ0) is 12.3. The monoisotopic (exact) mass is 240 g/mol. The fraction of sp³-hybridized carbons (Fsp3) is 0.923. The van der Waals surface area contributed by atoms with Crippen molar-refractivity contribution in [3.8, 4) is 0 Å². The van der Waals surface area contributed by atoms with Gasteiger partial charge in [-0.3, -0.25) is 4.79 Å². The molecule has 0 spiro atoms. The lowest BCUT2D eigenvalue weighted by Crippen LogP contribution is -2.48. The molecule has 2 fully saturated rings. The van der Waals surface area contributed by atoms with Crippen LogP contribution in [0.25, 0.3) is 0 Å². The molecule has 1 N–H and O–H groups in total. The highest BCUT2D eigenvalue weighted by Gasteiger charge is 2.33. The lowest BCUT2D eigenvalue weighted by molar-refractivity contribution is -0.142. The Morgan fingerprint density at radius 3 is 2.65 bits per heavy atom. The van der Waals surface area contributed by atoms with Crippen LogP contribution in [-0.2, 0) is 9.53 Å². The van der Waals surface area contributed by atoms with Crippen molar-refractivity contribution >= 4 is 5.91 Å². The van der Waals surface area contributed by atoms with Gasteiger partial charge in [0, 0.05) is 32.2 Å². The van der Waals surface area contributed by atoms with E-state index < -0.39 is 0 Å². The molecule has 0 aromatic rings. The predicted molar refractivity (Wildman–Crippen MR) is 66.8 cm³/mol. The standard InChI is InChI=1S/C13H24N2O2/c1-10-9-17-8-5-12(10)13(16)15(2)11-3-6-14-7-4-11/h10-12,14H,3-9H2,1-2H3. The molecule has 0 aliphatic carbocycles. The van der Waals surface area contributed by atoms with Crippen LogP contribution in [0.1, 0.15) is 26.2 Å². The molecule has 0 aromatic heterocycles. The first kappa shape index (κ1) is 12.8. The Morgan fingerprint density at radius 2 is 2.00 bits per heavy atom. The molecule has 0 bridgehead atoms. The van der Waals surface area contributed by atoms with E-state index in [9.17, 15) is 4.79 Å². The van der Waals surface area contributed by atoms with Crippen LogP contribution < -0.4 is 5.32 Å². The second-order valence-electron chi connectivity index (χ2n) is 5.38. The van der Waals surface area contributed by atoms with E-state index in [1.807, 2.05) is 11.9 Å². The van der Waals surface area contributed by atoms with E-state index in [-0.39, 0.29) is 5.92 Å². The maximum atomic E-state index is 12.5. The average molecular weight is 240 g/mol. The molecular formula is C13H24N2O2. The zero-order valence-electron chi connectivity index (χ0n) is 10.9. The average Bonchev–Trinajstić information content (AvgIpc) is 2.39. The number of hydrogen-bond donors (Lipinski definition) is 1. The second-order valence-corrected chi connectivity index (χ2v) is 5.38. The summed E-state index contributed by atoms with van der Waals surface area (Å²) in [4.78, 5) is 14.5. The minimum Gasteiger partial charge on any atom is -0.381 e. The van der Waals surface area contributed by atoms with Crippen LogP contribution in [-0.4, -0.2) is 50.2 Å². The van der Waals surface area contributed by atoms with Crippen molar-refractivity contribution in [1.82, 2.24) is 10.2 Å². The van der Waals surface area contributed by atoms with Crippen LogP contribution in [0, 0.1) is 11.8 Å². The number of nitrogens with one attached hydrogen (secondary N) is 1. The normalized spacial score (nSPS) is 31.2. The minimum atomic E-state index is 0.170. The van der Waals surface area contributed by atoms with Gasteiger partial charge in [-0.15, -0.1) is 0 Å². The molecular weight excluding hydrogens is 216 g/mol. The molecule has 98 valence electrons. The minimum absolute atomic E-state index is 0.170. The van der Waals surface area contributed by atoms with Crippen LogP contribution >= 0.6 is 0 Å². The lowest BCUT2D eigenvalue weighted by Gasteiger charge is -2.37. The van der Waals surface area contributed by atoms with Crippen molar-refractivity contribution in [2.75, 3.05) is 33.4 Å². The number of rotatable bonds is 2. The highest BCUT2D eigenvalue weighted by Crippen LogP contribution is 2.25. The topological polar surface area (TPSA) is 41.6 Å². The summed E-state index contributed by atoms with van der Waals surface area (Å²) in [5.74, 6) is 0.858. The summed E-state index contributed by atoms with van der Waals surface area (Å²) >= 11 is 0. The molecule has 2 heterocycles. The van der Waals surface area contributed by atoms with E-state index in [0.717, 1.165) is 45.6 Å². The number of ether oxygens (including phenoxy) is 1. The van der Waals surface area contributed by atoms with Gasteiger partial charge in [0.1, 0.15) is 0 Å². The molecule has 17 heavy (non-hydrogen) atoms. The summed E-state index contributed by atoms with van der Waals surface area (Å²) in [5, 5.41) is 3.34. The Hall–Kier alpha value is -0.610. The maximum absolute atomic E-state index is 12.5. The van der Waals surface area contributed by atoms with Crippen LogP contribution in [0.2, 0.25) is 0 Å². The molecule has 2 rings (SSSR count). The quantitative estimate of drug-likeness (QED) is 0.778. The summed E-state index contributed by atoms with van der Waals surface area (Å²) in [5.41, 5.74) is 0. The van der Waals surface area contributed by atoms with E-state index in [1.54, 1.807) is 0 Å². The van der Waals surface area contributed by atoms with Gasteiger partial charge in [-0.1, -0.05) is 6.92 Å². The number of amides is 1. The van der Waals surface area contributed by atoms with E-state index in [0.29, 0.717) is 17.9 Å². The number of nitrogens with zero attached hydrogens (tertiary/aromatic N) is 1. The molecule has 4 nitrogen and oxygen atoms in total. The summed E-state index contributed by atoms with van der Waals surface area (Å²) in [7, 11) is 1.97. The molecule has 2 unspecified atom stereocenters. The largest absolute Gasteiger partial charge is 0.381 e. The third-order valence-electron chi connectivity index (χ3n) is 4.16. The van der Waals surface area contributed by atoms with E-state index in [4.69, 9.17) is 4.74 Å². The Bertz CT molecular complexity index is 264. The number of carbonyl (C=O) groups is 1. The molecule has 2 atom stereocenters. The van der Waals surface area contributed by atoms with Crippen molar-refractivity contribution in [3.05, 3.63) is 0 Å². The van der Waals surface area contributed by atoms with Crippen molar-refractivity contribution in [1.29, 1.82) is 0 Å². The van der Waals surface area contributed by atoms with Gasteiger partial charge in [0.15, 0.2) is 0 Å². The van der Waals surface area contributed by atoms with Gasteiger partial charge in [0.25, 0.3) is 0 Å². The van der Waals surface area contributed by atoms with Gasteiger partial charge >= 0.3 is 0 Å². The molecule has 4 heteroatoms. The van der Waals surface area contributed by atoms with E-state index in [2.05, 4.69) is 12.2 Å². The van der Waals surface area contributed by atoms with Crippen molar-refractivity contribution < 1.29 is 9.53 Å². The van der Waals surface area contributed by atoms with Crippen LogP contribution in [0.5, 0.6) is 0 Å². The third kappa shape index (κ3) is 2.99. The first-order chi connectivity index (χ1) is 8.20. The Labute approximate surface area is 104 Å². The van der Waals surface area contributed by atoms with Crippen molar-refractivity contribution in [2.24, 2.45) is 11.8 Å². The SMILES string of the molecule is CC1COCCC1C(=O)N(C)C1CCNCC1. The van der Waals surface area contributed by atoms with Gasteiger partial charge < -0.3 is 15.0 Å². The molecule has 2 aliphatic heterocycles. The summed E-state index contributed by atoms with van der Waals surface area (Å²) in [6.07, 6.45) is 3.05. The van der Waals surface area contributed by atoms with Gasteiger partial charge in [0.2, 0.25) is 5.91 Å². The molecule has 1 amide bonds. The van der Waals surface area contributed by atoms with Crippen LogP contribution in [0.15, 0.2) is 0 Å². The molecule has 0 aromatic carbocycles. The van der Waals surface area contributed by atoms with Crippen molar-refractivity contribution in [2.45, 2.75) is 32.2 Å². The predicted octanol–water partition coefficient (Wildman–Crippen LogP) is 0.869. The summed E-state index contributed by atoms with van der Waals surface area (Å²) in [6.45, 7) is 5.66. The summed E-state index contributed by atoms with van der Waals surface area (Å²) < 4.78 is 5.41. The van der Waals surface area contributed by atoms with E-state index >= 15 is 0 Å². The maximum Gasteiger partial charge on any atom is 0.226 e. The van der Waals surface area contributed by atoms with Gasteiger partial charge in [-0.25, -0.2) is 0 Å². The Kier molecular flexibility index (Phi) is 4.40. The van der Waals surface area contributed by atoms with E-state index in [1.165, 1.54) is 0 Å². The highest BCUT2D eigenvalue weighted by atomic mass is 16.5. The van der Waals surface area contributed by atoms with Gasteiger partial charge in [-0.05, 0) is 38.3 Å².